The van der Waals surface area contributed by atoms with Gasteiger partial charge in [-0.3, -0.25) is 30.9 Å². The zero-order valence-electron chi connectivity index (χ0n) is 11.5. The highest BCUT2D eigenvalue weighted by Crippen LogP contribution is 2.09. The van der Waals surface area contributed by atoms with Gasteiger partial charge in [0, 0.05) is 11.5 Å². The smallest absolute Gasteiger partial charge is 0.307 e. The number of hydrogen-bond acceptors (Lipinski definition) is 7. The molecular formula is C11H22N4O4. The minimum Gasteiger partial charge on any atom is -0.466 e. The van der Waals surface area contributed by atoms with Gasteiger partial charge in [0.2, 0.25) is 0 Å². The fraction of sp³-hybridized carbons (Fsp3) is 0.909. The van der Waals surface area contributed by atoms with Crippen molar-refractivity contribution in [1.82, 2.24) is 16.0 Å². The van der Waals surface area contributed by atoms with E-state index in [1.54, 1.807) is 13.8 Å². The Morgan fingerprint density at radius 3 is 2.68 bits per heavy atom. The number of rotatable bonds is 6. The molecule has 1 aliphatic heterocycles. The van der Waals surface area contributed by atoms with Gasteiger partial charge in [-0.15, -0.1) is 0 Å². The summed E-state index contributed by atoms with van der Waals surface area (Å²) in [5, 5.41) is 20.2. The fourth-order valence-corrected chi connectivity index (χ4v) is 2.24. The molecule has 0 bridgehead atoms. The van der Waals surface area contributed by atoms with Gasteiger partial charge in [-0.05, 0) is 20.8 Å². The molecule has 4 atom stereocenters. The maximum Gasteiger partial charge on any atom is 0.307 e. The van der Waals surface area contributed by atoms with Crippen LogP contribution in [0.2, 0.25) is 0 Å². The lowest BCUT2D eigenvalue weighted by atomic mass is 10.0. The van der Waals surface area contributed by atoms with Crippen LogP contribution in [0.3, 0.4) is 0 Å². The monoisotopic (exact) mass is 274 g/mol. The van der Waals surface area contributed by atoms with Gasteiger partial charge in [0.1, 0.15) is 6.17 Å². The highest BCUT2D eigenvalue weighted by atomic mass is 16.6. The molecule has 0 saturated carbocycles. The molecule has 1 heterocycles. The molecular weight excluding hydrogens is 252 g/mol. The summed E-state index contributed by atoms with van der Waals surface area (Å²) in [7, 11) is 0. The van der Waals surface area contributed by atoms with Gasteiger partial charge in [0.05, 0.1) is 25.2 Å². The quantitative estimate of drug-likeness (QED) is 0.338. The molecule has 1 fully saturated rings. The molecule has 0 aliphatic carbocycles. The van der Waals surface area contributed by atoms with E-state index in [0.717, 1.165) is 0 Å². The van der Waals surface area contributed by atoms with E-state index in [0.29, 0.717) is 13.2 Å². The van der Waals surface area contributed by atoms with E-state index >= 15 is 0 Å². The summed E-state index contributed by atoms with van der Waals surface area (Å²) in [4.78, 5) is 22.0. The topological polar surface area (TPSA) is 106 Å². The Hall–Kier alpha value is -1.25. The van der Waals surface area contributed by atoms with Crippen molar-refractivity contribution in [3.63, 3.8) is 0 Å². The number of carbonyl (C=O) groups excluding carboxylic acids is 1. The van der Waals surface area contributed by atoms with Crippen molar-refractivity contribution in [2.45, 2.75) is 51.6 Å². The van der Waals surface area contributed by atoms with Crippen molar-refractivity contribution < 1.29 is 14.5 Å². The number of esters is 1. The van der Waals surface area contributed by atoms with Gasteiger partial charge in [-0.25, -0.2) is 0 Å². The number of hydrogen-bond donors (Lipinski definition) is 3. The van der Waals surface area contributed by atoms with Gasteiger partial charge < -0.3 is 4.74 Å². The van der Waals surface area contributed by atoms with Crippen LogP contribution in [0.1, 0.15) is 27.2 Å². The predicted molar refractivity (Wildman–Crippen MR) is 69.0 cm³/mol. The second kappa shape index (κ2) is 7.37. The molecule has 8 heteroatoms. The molecule has 1 rings (SSSR count). The molecule has 0 amide bonds. The summed E-state index contributed by atoms with van der Waals surface area (Å²) in [6.07, 6.45) is -0.283. The molecule has 8 nitrogen and oxygen atoms in total. The number of nitrogens with one attached hydrogen (secondary N) is 3. The lowest BCUT2D eigenvalue weighted by Crippen LogP contribution is -2.70. The molecule has 0 aromatic heterocycles. The molecule has 3 N–H and O–H groups in total. The van der Waals surface area contributed by atoms with Crippen LogP contribution in [-0.2, 0) is 9.53 Å². The first-order chi connectivity index (χ1) is 8.95. The Morgan fingerprint density at radius 1 is 1.42 bits per heavy atom. The minimum atomic E-state index is -0.779. The van der Waals surface area contributed by atoms with Gasteiger partial charge in [0.25, 0.3) is 6.04 Å². The maximum atomic E-state index is 11.2. The van der Waals surface area contributed by atoms with E-state index in [4.69, 9.17) is 4.74 Å². The lowest BCUT2D eigenvalue weighted by Gasteiger charge is -2.36. The highest BCUT2D eigenvalue weighted by Gasteiger charge is 2.41. The summed E-state index contributed by atoms with van der Waals surface area (Å²) in [5.41, 5.74) is 0. The number of nitrogens with zero attached hydrogens (tertiary/aromatic N) is 1. The standard InChI is InChI=1S/C11H22N4O4/c1-4-19-9(16)5-6-12-11-10(15(17)18)7(2)13-8(3)14-11/h7-8,10-14H,4-6H2,1-3H3. The molecule has 1 saturated heterocycles. The van der Waals surface area contributed by atoms with Gasteiger partial charge in [0.15, 0.2) is 0 Å². The van der Waals surface area contributed by atoms with Crippen LogP contribution >= 0.6 is 0 Å². The van der Waals surface area contributed by atoms with Gasteiger partial charge in [-0.1, -0.05) is 0 Å². The largest absolute Gasteiger partial charge is 0.466 e. The van der Waals surface area contributed by atoms with Crippen molar-refractivity contribution in [3.05, 3.63) is 10.1 Å². The molecule has 0 aromatic carbocycles. The molecule has 0 spiro atoms. The van der Waals surface area contributed by atoms with Crippen LogP contribution in [0.4, 0.5) is 0 Å². The first-order valence-corrected chi connectivity index (χ1v) is 6.50. The Balaban J connectivity index is 2.48. The Labute approximate surface area is 112 Å². The molecule has 1 aliphatic rings. The molecule has 110 valence electrons. The van der Waals surface area contributed by atoms with E-state index in [1.165, 1.54) is 0 Å². The number of nitro groups is 1. The van der Waals surface area contributed by atoms with Gasteiger partial charge in [-0.2, -0.15) is 0 Å². The SMILES string of the molecule is CCOC(=O)CCNC1NC(C)NC(C)C1[N+](=O)[O-]. The van der Waals surface area contributed by atoms with E-state index in [1.807, 2.05) is 6.92 Å². The normalized spacial score (nSPS) is 30.9. The molecule has 4 unspecified atom stereocenters. The van der Waals surface area contributed by atoms with Crippen molar-refractivity contribution in [2.75, 3.05) is 13.2 Å². The summed E-state index contributed by atoms with van der Waals surface area (Å²) in [6, 6.07) is -1.02. The van der Waals surface area contributed by atoms with Crippen LogP contribution in [-0.4, -0.2) is 48.5 Å². The zero-order valence-corrected chi connectivity index (χ0v) is 11.5. The van der Waals surface area contributed by atoms with E-state index in [9.17, 15) is 14.9 Å². The first kappa shape index (κ1) is 15.8. The van der Waals surface area contributed by atoms with Crippen LogP contribution < -0.4 is 16.0 Å². The van der Waals surface area contributed by atoms with Crippen LogP contribution in [0, 0.1) is 10.1 Å². The van der Waals surface area contributed by atoms with E-state index in [-0.39, 0.29) is 29.5 Å². The van der Waals surface area contributed by atoms with Crippen LogP contribution in [0.5, 0.6) is 0 Å². The second-order valence-electron chi connectivity index (χ2n) is 4.61. The van der Waals surface area contributed by atoms with Crippen LogP contribution in [0.15, 0.2) is 0 Å². The maximum absolute atomic E-state index is 11.2. The molecule has 19 heavy (non-hydrogen) atoms. The van der Waals surface area contributed by atoms with Crippen molar-refractivity contribution >= 4 is 5.97 Å². The third-order valence-corrected chi connectivity index (χ3v) is 3.04. The van der Waals surface area contributed by atoms with E-state index < -0.39 is 12.2 Å². The summed E-state index contributed by atoms with van der Waals surface area (Å²) in [5.74, 6) is -0.303. The predicted octanol–water partition coefficient (Wildman–Crippen LogP) is -0.572. The Bertz CT molecular complexity index is 326. The summed E-state index contributed by atoms with van der Waals surface area (Å²) in [6.45, 7) is 6.11. The van der Waals surface area contributed by atoms with Crippen molar-refractivity contribution in [1.29, 1.82) is 0 Å². The minimum absolute atomic E-state index is 0.0220. The Morgan fingerprint density at radius 2 is 2.11 bits per heavy atom. The third-order valence-electron chi connectivity index (χ3n) is 3.04. The van der Waals surface area contributed by atoms with E-state index in [2.05, 4.69) is 16.0 Å². The number of carbonyl (C=O) groups is 1. The first-order valence-electron chi connectivity index (χ1n) is 6.50. The van der Waals surface area contributed by atoms with Crippen LogP contribution in [0.25, 0.3) is 0 Å². The van der Waals surface area contributed by atoms with Gasteiger partial charge >= 0.3 is 5.97 Å². The summed E-state index contributed by atoms with van der Waals surface area (Å²) >= 11 is 0. The molecule has 0 aromatic rings. The third kappa shape index (κ3) is 4.73. The average molecular weight is 274 g/mol. The fourth-order valence-electron chi connectivity index (χ4n) is 2.24. The lowest BCUT2D eigenvalue weighted by molar-refractivity contribution is -0.535. The molecule has 0 radical (unpaired) electrons. The highest BCUT2D eigenvalue weighted by molar-refractivity contribution is 5.69. The second-order valence-corrected chi connectivity index (χ2v) is 4.61. The average Bonchev–Trinajstić information content (AvgIpc) is 2.27. The summed E-state index contributed by atoms with van der Waals surface area (Å²) < 4.78 is 4.80. The zero-order chi connectivity index (χ0) is 14.4. The van der Waals surface area contributed by atoms with Crippen molar-refractivity contribution in [3.8, 4) is 0 Å². The number of ether oxygens (including phenoxy) is 1. The Kier molecular flexibility index (Phi) is 6.13. The van der Waals surface area contributed by atoms with Crippen molar-refractivity contribution in [2.24, 2.45) is 0 Å².